The SMILES string of the molecule is Bc1cc(OCC)cn2ncc(C#N)c12. The molecule has 0 aliphatic carbocycles. The first-order chi connectivity index (χ1) is 7.26. The van der Waals surface area contributed by atoms with Crippen LogP contribution in [0, 0.1) is 11.3 Å². The fraction of sp³-hybridized carbons (Fsp3) is 0.200. The monoisotopic (exact) mass is 199 g/mol. The minimum Gasteiger partial charge on any atom is -0.492 e. The average molecular weight is 199 g/mol. The van der Waals surface area contributed by atoms with Gasteiger partial charge in [-0.2, -0.15) is 10.4 Å². The summed E-state index contributed by atoms with van der Waals surface area (Å²) in [6, 6.07) is 4.04. The molecule has 74 valence electrons. The van der Waals surface area contributed by atoms with Gasteiger partial charge in [0, 0.05) is 0 Å². The Morgan fingerprint density at radius 1 is 1.67 bits per heavy atom. The maximum Gasteiger partial charge on any atom is 0.142 e. The molecule has 0 radical (unpaired) electrons. The third-order valence-corrected chi connectivity index (χ3v) is 2.21. The Bertz CT molecular complexity index is 541. The van der Waals surface area contributed by atoms with Gasteiger partial charge >= 0.3 is 0 Å². The van der Waals surface area contributed by atoms with Gasteiger partial charge in [-0.1, -0.05) is 5.46 Å². The molecule has 0 amide bonds. The van der Waals surface area contributed by atoms with E-state index in [0.29, 0.717) is 12.2 Å². The highest BCUT2D eigenvalue weighted by atomic mass is 16.5. The lowest BCUT2D eigenvalue weighted by atomic mass is 9.94. The van der Waals surface area contributed by atoms with Crippen molar-refractivity contribution < 1.29 is 4.74 Å². The summed E-state index contributed by atoms with van der Waals surface area (Å²) in [5, 5.41) is 13.0. The van der Waals surface area contributed by atoms with Crippen molar-refractivity contribution in [1.82, 2.24) is 9.61 Å². The average Bonchev–Trinajstić information content (AvgIpc) is 2.61. The smallest absolute Gasteiger partial charge is 0.142 e. The lowest BCUT2D eigenvalue weighted by molar-refractivity contribution is 0.338. The Balaban J connectivity index is 2.65. The Hall–Kier alpha value is -1.96. The van der Waals surface area contributed by atoms with E-state index in [1.54, 1.807) is 16.9 Å². The molecule has 15 heavy (non-hydrogen) atoms. The number of nitrogens with zero attached hydrogens (tertiary/aromatic N) is 3. The van der Waals surface area contributed by atoms with E-state index in [1.807, 2.05) is 20.8 Å². The van der Waals surface area contributed by atoms with E-state index in [-0.39, 0.29) is 0 Å². The number of fused-ring (bicyclic) bond motifs is 1. The maximum atomic E-state index is 8.89. The van der Waals surface area contributed by atoms with Gasteiger partial charge in [0.05, 0.1) is 30.1 Å². The van der Waals surface area contributed by atoms with Crippen LogP contribution in [0.15, 0.2) is 18.5 Å². The molecule has 0 bridgehead atoms. The zero-order valence-electron chi connectivity index (χ0n) is 8.69. The molecule has 0 fully saturated rings. The Morgan fingerprint density at radius 2 is 2.47 bits per heavy atom. The van der Waals surface area contributed by atoms with Crippen molar-refractivity contribution in [3.05, 3.63) is 24.0 Å². The predicted octanol–water partition coefficient (Wildman–Crippen LogP) is -0.137. The van der Waals surface area contributed by atoms with Gasteiger partial charge in [0.15, 0.2) is 0 Å². The lowest BCUT2D eigenvalue weighted by Crippen LogP contribution is -2.09. The van der Waals surface area contributed by atoms with Crippen molar-refractivity contribution in [2.24, 2.45) is 0 Å². The number of aromatic nitrogens is 2. The maximum absolute atomic E-state index is 8.89. The molecule has 0 unspecified atom stereocenters. The third kappa shape index (κ3) is 1.55. The molecule has 2 rings (SSSR count). The van der Waals surface area contributed by atoms with Crippen LogP contribution >= 0.6 is 0 Å². The third-order valence-electron chi connectivity index (χ3n) is 2.21. The van der Waals surface area contributed by atoms with Crippen LogP contribution in [0.5, 0.6) is 5.75 Å². The number of ether oxygens (including phenoxy) is 1. The first-order valence-corrected chi connectivity index (χ1v) is 4.77. The molecule has 0 spiro atoms. The standard InChI is InChI=1S/C10H10BN3O/c1-2-15-8-3-9(11)10-7(4-12)5-13-14(10)6-8/h3,5-6H,2,11H2,1H3. The number of nitriles is 1. The highest BCUT2D eigenvalue weighted by Crippen LogP contribution is 2.13. The quantitative estimate of drug-likeness (QED) is 0.632. The molecule has 2 aromatic heterocycles. The second kappa shape index (κ2) is 3.66. The molecule has 0 aliphatic rings. The molecule has 0 N–H and O–H groups in total. The van der Waals surface area contributed by atoms with E-state index in [4.69, 9.17) is 10.00 Å². The second-order valence-electron chi connectivity index (χ2n) is 3.26. The second-order valence-corrected chi connectivity index (χ2v) is 3.26. The van der Waals surface area contributed by atoms with Crippen LogP contribution < -0.4 is 10.2 Å². The molecule has 0 saturated carbocycles. The van der Waals surface area contributed by atoms with Gasteiger partial charge in [-0.3, -0.25) is 0 Å². The number of hydrogen-bond acceptors (Lipinski definition) is 3. The van der Waals surface area contributed by atoms with Crippen LogP contribution in [0.4, 0.5) is 0 Å². The van der Waals surface area contributed by atoms with E-state index in [2.05, 4.69) is 11.2 Å². The van der Waals surface area contributed by atoms with E-state index < -0.39 is 0 Å². The summed E-state index contributed by atoms with van der Waals surface area (Å²) in [6.07, 6.45) is 3.35. The van der Waals surface area contributed by atoms with E-state index in [1.165, 1.54) is 0 Å². The number of rotatable bonds is 2. The highest BCUT2D eigenvalue weighted by molar-refractivity contribution is 6.37. The van der Waals surface area contributed by atoms with Gasteiger partial charge in [0.1, 0.15) is 19.7 Å². The fourth-order valence-electron chi connectivity index (χ4n) is 1.62. The van der Waals surface area contributed by atoms with Crippen molar-refractivity contribution in [2.75, 3.05) is 6.61 Å². The van der Waals surface area contributed by atoms with Crippen LogP contribution in [0.2, 0.25) is 0 Å². The summed E-state index contributed by atoms with van der Waals surface area (Å²) in [4.78, 5) is 0. The first kappa shape index (κ1) is 9.59. The van der Waals surface area contributed by atoms with Gasteiger partial charge in [-0.25, -0.2) is 4.52 Å². The fourth-order valence-corrected chi connectivity index (χ4v) is 1.62. The minimum absolute atomic E-state index is 0.593. The van der Waals surface area contributed by atoms with Crippen LogP contribution in [0.25, 0.3) is 5.52 Å². The summed E-state index contributed by atoms with van der Waals surface area (Å²) in [5.74, 6) is 0.773. The van der Waals surface area contributed by atoms with E-state index >= 15 is 0 Å². The topological polar surface area (TPSA) is 50.3 Å². The number of hydrogen-bond donors (Lipinski definition) is 0. The van der Waals surface area contributed by atoms with Crippen LogP contribution in [-0.2, 0) is 0 Å². The van der Waals surface area contributed by atoms with Crippen molar-refractivity contribution in [1.29, 1.82) is 5.26 Å². The predicted molar refractivity (Wildman–Crippen MR) is 59.3 cm³/mol. The molecule has 4 nitrogen and oxygen atoms in total. The van der Waals surface area contributed by atoms with Crippen LogP contribution in [0.1, 0.15) is 12.5 Å². The summed E-state index contributed by atoms with van der Waals surface area (Å²) in [5.41, 5.74) is 2.44. The Labute approximate surface area is 88.5 Å². The molecule has 2 heterocycles. The van der Waals surface area contributed by atoms with Crippen LogP contribution in [0.3, 0.4) is 0 Å². The molecule has 0 aromatic carbocycles. The molecule has 0 saturated heterocycles. The van der Waals surface area contributed by atoms with Gasteiger partial charge in [0.25, 0.3) is 0 Å². The summed E-state index contributed by atoms with van der Waals surface area (Å²) in [6.45, 7) is 2.56. The van der Waals surface area contributed by atoms with Gasteiger partial charge < -0.3 is 4.74 Å². The van der Waals surface area contributed by atoms with Crippen LogP contribution in [-0.4, -0.2) is 24.1 Å². The summed E-state index contributed by atoms with van der Waals surface area (Å²) < 4.78 is 7.07. The molecular formula is C10H10BN3O. The van der Waals surface area contributed by atoms with Crippen molar-refractivity contribution in [3.63, 3.8) is 0 Å². The zero-order valence-corrected chi connectivity index (χ0v) is 8.69. The Morgan fingerprint density at radius 3 is 3.13 bits per heavy atom. The van der Waals surface area contributed by atoms with E-state index in [0.717, 1.165) is 16.7 Å². The highest BCUT2D eigenvalue weighted by Gasteiger charge is 2.07. The molecule has 5 heteroatoms. The minimum atomic E-state index is 0.593. The number of pyridine rings is 1. The largest absolute Gasteiger partial charge is 0.492 e. The van der Waals surface area contributed by atoms with Gasteiger partial charge in [-0.15, -0.1) is 0 Å². The van der Waals surface area contributed by atoms with Gasteiger partial charge in [-0.05, 0) is 13.0 Å². The lowest BCUT2D eigenvalue weighted by Gasteiger charge is -2.05. The molecular weight excluding hydrogens is 189 g/mol. The van der Waals surface area contributed by atoms with E-state index in [9.17, 15) is 0 Å². The van der Waals surface area contributed by atoms with Gasteiger partial charge in [0.2, 0.25) is 0 Å². The molecule has 0 aliphatic heterocycles. The normalized spacial score (nSPS) is 10.1. The Kier molecular flexibility index (Phi) is 2.34. The molecule has 0 atom stereocenters. The first-order valence-electron chi connectivity index (χ1n) is 4.77. The summed E-state index contributed by atoms with van der Waals surface area (Å²) >= 11 is 0. The zero-order chi connectivity index (χ0) is 10.8. The molecule has 2 aromatic rings. The van der Waals surface area contributed by atoms with Crippen molar-refractivity contribution in [2.45, 2.75) is 6.92 Å². The van der Waals surface area contributed by atoms with Crippen molar-refractivity contribution >= 4 is 18.8 Å². The summed E-state index contributed by atoms with van der Waals surface area (Å²) in [7, 11) is 1.94. The van der Waals surface area contributed by atoms with Crippen molar-refractivity contribution in [3.8, 4) is 11.8 Å².